The minimum absolute atomic E-state index is 0.0883. The van der Waals surface area contributed by atoms with Crippen molar-refractivity contribution in [2.45, 2.75) is 31.6 Å². The van der Waals surface area contributed by atoms with Crippen LogP contribution >= 0.6 is 0 Å². The van der Waals surface area contributed by atoms with Crippen LogP contribution in [0.1, 0.15) is 40.4 Å². The van der Waals surface area contributed by atoms with Crippen LogP contribution in [0.2, 0.25) is 0 Å². The van der Waals surface area contributed by atoms with Crippen LogP contribution < -0.4 is 10.1 Å². The summed E-state index contributed by atoms with van der Waals surface area (Å²) in [4.78, 5) is 19.9. The summed E-state index contributed by atoms with van der Waals surface area (Å²) in [6, 6.07) is 25.3. The Labute approximate surface area is 209 Å². The number of hydrogen-bond donors (Lipinski definition) is 1. The van der Waals surface area contributed by atoms with E-state index in [2.05, 4.69) is 33.1 Å². The van der Waals surface area contributed by atoms with E-state index < -0.39 is 0 Å². The highest BCUT2D eigenvalue weighted by Crippen LogP contribution is 2.35. The molecule has 2 atom stereocenters. The van der Waals surface area contributed by atoms with Crippen molar-refractivity contribution in [3.8, 4) is 17.6 Å². The predicted molar refractivity (Wildman–Crippen MR) is 134 cm³/mol. The number of benzene rings is 3. The number of nitrogens with zero attached hydrogens (tertiary/aromatic N) is 4. The fraction of sp³-hybridized carbons (Fsp3) is 0.207. The second kappa shape index (κ2) is 9.33. The Kier molecular flexibility index (Phi) is 5.72. The van der Waals surface area contributed by atoms with Crippen LogP contribution in [0.4, 0.5) is 0 Å². The van der Waals surface area contributed by atoms with E-state index >= 15 is 0 Å². The van der Waals surface area contributed by atoms with Gasteiger partial charge >= 0.3 is 0 Å². The normalized spacial score (nSPS) is 19.3. The van der Waals surface area contributed by atoms with Crippen molar-refractivity contribution in [3.05, 3.63) is 113 Å². The first-order valence-electron chi connectivity index (χ1n) is 12.1. The molecule has 0 aliphatic carbocycles. The van der Waals surface area contributed by atoms with E-state index in [9.17, 15) is 10.1 Å². The van der Waals surface area contributed by atoms with E-state index in [0.29, 0.717) is 36.7 Å². The van der Waals surface area contributed by atoms with Crippen LogP contribution in [0.15, 0.2) is 85.3 Å². The molecule has 7 heteroatoms. The topological polar surface area (TPSA) is 83.2 Å². The number of aromatic nitrogens is 2. The fourth-order valence-electron chi connectivity index (χ4n) is 5.11. The zero-order valence-electron chi connectivity index (χ0n) is 19.7. The van der Waals surface area contributed by atoms with Crippen LogP contribution in [-0.4, -0.2) is 32.9 Å². The van der Waals surface area contributed by atoms with E-state index in [1.54, 1.807) is 12.4 Å². The van der Waals surface area contributed by atoms with Crippen LogP contribution in [0, 0.1) is 11.3 Å². The van der Waals surface area contributed by atoms with Crippen LogP contribution in [0.5, 0.6) is 11.5 Å². The van der Waals surface area contributed by atoms with Gasteiger partial charge in [0.2, 0.25) is 5.91 Å². The smallest absolute Gasteiger partial charge is 0.240 e. The molecule has 1 N–H and O–H groups in total. The van der Waals surface area contributed by atoms with E-state index in [4.69, 9.17) is 4.74 Å². The first-order chi connectivity index (χ1) is 17.7. The van der Waals surface area contributed by atoms with Crippen LogP contribution in [0.25, 0.3) is 0 Å². The summed E-state index contributed by atoms with van der Waals surface area (Å²) in [6.45, 7) is 1.77. The van der Waals surface area contributed by atoms with E-state index in [0.717, 1.165) is 28.8 Å². The van der Waals surface area contributed by atoms with Gasteiger partial charge < -0.3 is 19.5 Å². The van der Waals surface area contributed by atoms with Crippen molar-refractivity contribution >= 4 is 5.91 Å². The van der Waals surface area contributed by atoms with Crippen molar-refractivity contribution < 1.29 is 9.53 Å². The lowest BCUT2D eigenvalue weighted by Crippen LogP contribution is -2.40. The lowest BCUT2D eigenvalue weighted by molar-refractivity contribution is -0.130. The maximum atomic E-state index is 13.6. The lowest BCUT2D eigenvalue weighted by Gasteiger charge is -2.29. The van der Waals surface area contributed by atoms with Gasteiger partial charge in [0.05, 0.1) is 29.7 Å². The lowest BCUT2D eigenvalue weighted by atomic mass is 9.97. The minimum atomic E-state index is -0.256. The maximum absolute atomic E-state index is 13.6. The van der Waals surface area contributed by atoms with Gasteiger partial charge in [0.25, 0.3) is 0 Å². The maximum Gasteiger partial charge on any atom is 0.240 e. The molecule has 6 bridgehead atoms. The molecule has 1 fully saturated rings. The largest absolute Gasteiger partial charge is 0.456 e. The van der Waals surface area contributed by atoms with Crippen molar-refractivity contribution in [3.63, 3.8) is 0 Å². The second-order valence-electron chi connectivity index (χ2n) is 9.20. The molecule has 3 heterocycles. The molecule has 0 saturated carbocycles. The molecule has 2 aliphatic heterocycles. The molecule has 1 amide bonds. The number of amides is 1. The number of imidazole rings is 1. The van der Waals surface area contributed by atoms with Crippen molar-refractivity contribution in [2.24, 2.45) is 0 Å². The highest BCUT2D eigenvalue weighted by atomic mass is 16.5. The summed E-state index contributed by atoms with van der Waals surface area (Å²) < 4.78 is 8.33. The molecule has 3 aromatic carbocycles. The van der Waals surface area contributed by atoms with Gasteiger partial charge in [0.1, 0.15) is 17.6 Å². The third kappa shape index (κ3) is 4.12. The number of carbonyl (C=O) groups excluding carboxylic acids is 1. The number of hydrogen-bond acceptors (Lipinski definition) is 5. The summed E-state index contributed by atoms with van der Waals surface area (Å²) in [6.07, 6.45) is 4.35. The van der Waals surface area contributed by atoms with Gasteiger partial charge in [0, 0.05) is 25.8 Å². The summed E-state index contributed by atoms with van der Waals surface area (Å²) in [5, 5.41) is 13.2. The van der Waals surface area contributed by atoms with Crippen molar-refractivity contribution in [2.75, 3.05) is 6.54 Å². The third-order valence-corrected chi connectivity index (χ3v) is 6.92. The van der Waals surface area contributed by atoms with Gasteiger partial charge in [-0.15, -0.1) is 0 Å². The highest BCUT2D eigenvalue weighted by molar-refractivity contribution is 5.85. The first-order valence-corrected chi connectivity index (χ1v) is 12.1. The average Bonchev–Trinajstić information content (AvgIpc) is 3.49. The number of nitrogens with one attached hydrogen (secondary N) is 1. The van der Waals surface area contributed by atoms with Gasteiger partial charge in [0.15, 0.2) is 0 Å². The summed E-state index contributed by atoms with van der Waals surface area (Å²) in [7, 11) is 0. The molecule has 0 radical (unpaired) electrons. The Morgan fingerprint density at radius 1 is 1.03 bits per heavy atom. The summed E-state index contributed by atoms with van der Waals surface area (Å²) in [5.74, 6) is 1.22. The first kappa shape index (κ1) is 22.1. The molecule has 178 valence electrons. The molecular formula is C29H25N5O2. The quantitative estimate of drug-likeness (QED) is 0.442. The molecule has 6 rings (SSSR count). The van der Waals surface area contributed by atoms with Crippen molar-refractivity contribution in [1.82, 2.24) is 19.8 Å². The van der Waals surface area contributed by atoms with E-state index in [1.807, 2.05) is 65.7 Å². The van der Waals surface area contributed by atoms with Gasteiger partial charge in [-0.3, -0.25) is 4.79 Å². The SMILES string of the molecule is N#Cc1ccc2cc1Oc1cccc(c1)[C@@H](c1ccccc1)N1CC[C@@H](NCc3cncn3C2)C1=O. The fourth-order valence-corrected chi connectivity index (χ4v) is 5.11. The van der Waals surface area contributed by atoms with Crippen molar-refractivity contribution in [1.29, 1.82) is 5.26 Å². The second-order valence-corrected chi connectivity index (χ2v) is 9.20. The number of carbonyl (C=O) groups is 1. The predicted octanol–water partition coefficient (Wildman–Crippen LogP) is 4.39. The molecule has 4 aromatic rings. The Morgan fingerprint density at radius 3 is 2.75 bits per heavy atom. The van der Waals surface area contributed by atoms with Crippen LogP contribution in [-0.2, 0) is 17.9 Å². The molecule has 0 unspecified atom stereocenters. The Morgan fingerprint density at radius 2 is 1.89 bits per heavy atom. The molecule has 1 saturated heterocycles. The monoisotopic (exact) mass is 475 g/mol. The summed E-state index contributed by atoms with van der Waals surface area (Å²) in [5.41, 5.74) is 4.46. The zero-order valence-corrected chi connectivity index (χ0v) is 19.7. The van der Waals surface area contributed by atoms with E-state index in [1.165, 1.54) is 0 Å². The van der Waals surface area contributed by atoms with Gasteiger partial charge in [-0.05, 0) is 47.4 Å². The highest BCUT2D eigenvalue weighted by Gasteiger charge is 2.37. The number of rotatable bonds is 1. The Balaban J connectivity index is 1.48. The van der Waals surface area contributed by atoms with Gasteiger partial charge in [-0.1, -0.05) is 48.5 Å². The summed E-state index contributed by atoms with van der Waals surface area (Å²) >= 11 is 0. The average molecular weight is 476 g/mol. The molecule has 36 heavy (non-hydrogen) atoms. The molecular weight excluding hydrogens is 450 g/mol. The van der Waals surface area contributed by atoms with E-state index in [-0.39, 0.29) is 18.0 Å². The molecule has 7 nitrogen and oxygen atoms in total. The number of ether oxygens (including phenoxy) is 1. The van der Waals surface area contributed by atoms with Gasteiger partial charge in [-0.2, -0.15) is 5.26 Å². The zero-order chi connectivity index (χ0) is 24.5. The molecule has 2 aliphatic rings. The number of fused-ring (bicyclic) bond motifs is 7. The standard InChI is InChI=1S/C29H25N5O2/c30-15-23-10-9-20-13-27(23)36-25-8-4-7-22(14-25)28(21-5-2-1-3-6-21)34-12-11-26(29(34)35)32-17-24-16-31-19-33(24)18-20/h1-10,13-14,16,19,26,28,32H,11-12,17-18H2/t26-,28-/m1/s1. The number of nitriles is 1. The minimum Gasteiger partial charge on any atom is -0.456 e. The molecule has 1 aromatic heterocycles. The Hall–Kier alpha value is -4.41. The Bertz CT molecular complexity index is 1460. The van der Waals surface area contributed by atoms with Gasteiger partial charge in [-0.25, -0.2) is 4.98 Å². The van der Waals surface area contributed by atoms with Crippen LogP contribution in [0.3, 0.4) is 0 Å². The third-order valence-electron chi connectivity index (χ3n) is 6.92. The molecule has 0 spiro atoms.